The number of piperidine rings is 1. The number of carbonyl (C=O) groups is 1. The smallest absolute Gasteiger partial charge is 0.307 e. The van der Waals surface area contributed by atoms with Gasteiger partial charge in [-0.3, -0.25) is 19.4 Å². The van der Waals surface area contributed by atoms with Crippen molar-refractivity contribution >= 4 is 22.9 Å². The Kier molecular flexibility index (Phi) is 5.94. The highest BCUT2D eigenvalue weighted by Gasteiger charge is 2.35. The lowest BCUT2D eigenvalue weighted by Gasteiger charge is -2.42. The third-order valence-corrected chi connectivity index (χ3v) is 6.82. The van der Waals surface area contributed by atoms with Gasteiger partial charge in [0.15, 0.2) is 0 Å². The molecule has 2 saturated heterocycles. The Balaban J connectivity index is 1.32. The molecule has 0 saturated carbocycles. The van der Waals surface area contributed by atoms with Crippen molar-refractivity contribution in [2.75, 3.05) is 44.2 Å². The average molecular weight is 401 g/mol. The molecule has 0 spiro atoms. The minimum absolute atomic E-state index is 0.00200. The zero-order chi connectivity index (χ0) is 19.5. The van der Waals surface area contributed by atoms with Crippen molar-refractivity contribution < 1.29 is 4.79 Å². The van der Waals surface area contributed by atoms with Crippen molar-refractivity contribution in [2.45, 2.75) is 32.4 Å². The van der Waals surface area contributed by atoms with E-state index < -0.39 is 0 Å². The Morgan fingerprint density at radius 3 is 2.43 bits per heavy atom. The van der Waals surface area contributed by atoms with E-state index >= 15 is 0 Å². The molecule has 1 aromatic heterocycles. The molecule has 3 heterocycles. The quantitative estimate of drug-likeness (QED) is 0.771. The SMILES string of the molecule is Cc1csc(=O)n1CCN1CCN([C@@H]2CCCN(c3ccccc3)C2=O)CC1. The number of nitrogens with zero attached hydrogens (tertiary/aromatic N) is 4. The van der Waals surface area contributed by atoms with Crippen molar-refractivity contribution in [3.05, 3.63) is 51.1 Å². The van der Waals surface area contributed by atoms with Gasteiger partial charge in [0.25, 0.3) is 0 Å². The van der Waals surface area contributed by atoms with E-state index in [4.69, 9.17) is 0 Å². The molecular weight excluding hydrogens is 372 g/mol. The number of hydrogen-bond donors (Lipinski definition) is 0. The average Bonchev–Trinajstić information content (AvgIpc) is 3.05. The van der Waals surface area contributed by atoms with Crippen LogP contribution in [0.2, 0.25) is 0 Å². The minimum Gasteiger partial charge on any atom is -0.311 e. The van der Waals surface area contributed by atoms with Gasteiger partial charge in [0.1, 0.15) is 0 Å². The van der Waals surface area contributed by atoms with Crippen LogP contribution in [0.3, 0.4) is 0 Å². The molecule has 2 fully saturated rings. The van der Waals surface area contributed by atoms with Gasteiger partial charge in [0, 0.05) is 62.6 Å². The van der Waals surface area contributed by atoms with E-state index in [0.717, 1.165) is 70.0 Å². The van der Waals surface area contributed by atoms with Gasteiger partial charge in [0.2, 0.25) is 5.91 Å². The number of rotatable bonds is 5. The Labute approximate surface area is 170 Å². The van der Waals surface area contributed by atoms with Gasteiger partial charge in [-0.2, -0.15) is 0 Å². The van der Waals surface area contributed by atoms with Crippen LogP contribution in [0.25, 0.3) is 0 Å². The van der Waals surface area contributed by atoms with Crippen LogP contribution in [-0.2, 0) is 11.3 Å². The summed E-state index contributed by atoms with van der Waals surface area (Å²) in [5.41, 5.74) is 2.05. The Morgan fingerprint density at radius 1 is 1.00 bits per heavy atom. The van der Waals surface area contributed by atoms with Gasteiger partial charge in [0.05, 0.1) is 6.04 Å². The maximum absolute atomic E-state index is 13.1. The lowest BCUT2D eigenvalue weighted by Crippen LogP contribution is -2.58. The maximum atomic E-state index is 13.1. The van der Waals surface area contributed by atoms with E-state index in [0.29, 0.717) is 0 Å². The van der Waals surface area contributed by atoms with Gasteiger partial charge >= 0.3 is 4.87 Å². The molecule has 150 valence electrons. The van der Waals surface area contributed by atoms with Crippen molar-refractivity contribution in [3.8, 4) is 0 Å². The predicted octanol–water partition coefficient (Wildman–Crippen LogP) is 2.03. The fraction of sp³-hybridized carbons (Fsp3) is 0.524. The van der Waals surface area contributed by atoms with Gasteiger partial charge in [-0.05, 0) is 31.9 Å². The molecule has 0 radical (unpaired) electrons. The number of aryl methyl sites for hydroxylation is 1. The molecule has 4 rings (SSSR count). The van der Waals surface area contributed by atoms with E-state index in [1.807, 2.05) is 52.1 Å². The molecule has 28 heavy (non-hydrogen) atoms. The fourth-order valence-corrected chi connectivity index (χ4v) is 5.04. The van der Waals surface area contributed by atoms with Crippen LogP contribution in [0, 0.1) is 6.92 Å². The van der Waals surface area contributed by atoms with Crippen LogP contribution in [0.4, 0.5) is 5.69 Å². The monoisotopic (exact) mass is 400 g/mol. The summed E-state index contributed by atoms with van der Waals surface area (Å²) in [6.07, 6.45) is 2.00. The van der Waals surface area contributed by atoms with Crippen LogP contribution in [0.5, 0.6) is 0 Å². The van der Waals surface area contributed by atoms with Crippen LogP contribution in [-0.4, -0.2) is 65.6 Å². The van der Waals surface area contributed by atoms with E-state index in [1.165, 1.54) is 11.3 Å². The van der Waals surface area contributed by atoms with E-state index in [2.05, 4.69) is 9.80 Å². The second-order valence-corrected chi connectivity index (χ2v) is 8.48. The molecule has 1 aromatic carbocycles. The van der Waals surface area contributed by atoms with Crippen molar-refractivity contribution in [1.29, 1.82) is 0 Å². The maximum Gasteiger partial charge on any atom is 0.307 e. The summed E-state index contributed by atoms with van der Waals surface area (Å²) in [7, 11) is 0. The first-order valence-electron chi connectivity index (χ1n) is 10.1. The van der Waals surface area contributed by atoms with Crippen molar-refractivity contribution in [2.24, 2.45) is 0 Å². The molecule has 7 heteroatoms. The molecule has 2 aliphatic heterocycles. The molecule has 1 amide bonds. The highest BCUT2D eigenvalue weighted by atomic mass is 32.1. The first kappa shape index (κ1) is 19.4. The summed E-state index contributed by atoms with van der Waals surface area (Å²) in [5.74, 6) is 0.242. The van der Waals surface area contributed by atoms with Crippen LogP contribution >= 0.6 is 11.3 Å². The number of para-hydroxylation sites is 1. The van der Waals surface area contributed by atoms with Gasteiger partial charge < -0.3 is 9.47 Å². The second-order valence-electron chi connectivity index (χ2n) is 7.66. The topological polar surface area (TPSA) is 48.8 Å². The van der Waals surface area contributed by atoms with Gasteiger partial charge in [-0.25, -0.2) is 0 Å². The summed E-state index contributed by atoms with van der Waals surface area (Å²) >= 11 is 1.27. The lowest BCUT2D eigenvalue weighted by atomic mass is 10.0. The summed E-state index contributed by atoms with van der Waals surface area (Å²) in [5, 5.41) is 1.92. The molecule has 6 nitrogen and oxygen atoms in total. The predicted molar refractivity (Wildman–Crippen MR) is 113 cm³/mol. The first-order chi connectivity index (χ1) is 13.6. The minimum atomic E-state index is -0.00200. The molecule has 0 unspecified atom stereocenters. The van der Waals surface area contributed by atoms with Crippen molar-refractivity contribution in [3.63, 3.8) is 0 Å². The van der Waals surface area contributed by atoms with E-state index in [9.17, 15) is 9.59 Å². The number of thiazole rings is 1. The Hall–Kier alpha value is -1.96. The van der Waals surface area contributed by atoms with Crippen LogP contribution in [0.1, 0.15) is 18.5 Å². The largest absolute Gasteiger partial charge is 0.311 e. The number of aromatic nitrogens is 1. The highest BCUT2D eigenvalue weighted by Crippen LogP contribution is 2.24. The standard InChI is InChI=1S/C21H28N4O2S/c1-17-16-28-21(27)24(17)15-12-22-10-13-23(14-11-22)19-8-5-9-25(20(19)26)18-6-3-2-4-7-18/h2-4,6-7,16,19H,5,8-15H2,1H3/t19-/m1/s1. The number of anilines is 1. The van der Waals surface area contributed by atoms with E-state index in [1.54, 1.807) is 0 Å². The summed E-state index contributed by atoms with van der Waals surface area (Å²) < 4.78 is 1.86. The lowest BCUT2D eigenvalue weighted by molar-refractivity contribution is -0.126. The number of piperazine rings is 1. The molecule has 1 atom stereocenters. The summed E-state index contributed by atoms with van der Waals surface area (Å²) in [6.45, 7) is 8.17. The normalized spacial score (nSPS) is 22.0. The van der Waals surface area contributed by atoms with Gasteiger partial charge in [-0.15, -0.1) is 0 Å². The molecule has 2 aliphatic rings. The number of carbonyl (C=O) groups excluding carboxylic acids is 1. The van der Waals surface area contributed by atoms with Gasteiger partial charge in [-0.1, -0.05) is 29.5 Å². The number of benzene rings is 1. The second kappa shape index (κ2) is 8.59. The van der Waals surface area contributed by atoms with E-state index in [-0.39, 0.29) is 16.8 Å². The third-order valence-electron chi connectivity index (χ3n) is 5.94. The Morgan fingerprint density at radius 2 is 1.75 bits per heavy atom. The van der Waals surface area contributed by atoms with Crippen molar-refractivity contribution in [1.82, 2.24) is 14.4 Å². The summed E-state index contributed by atoms with van der Waals surface area (Å²) in [4.78, 5) is 31.8. The third kappa shape index (κ3) is 4.06. The summed E-state index contributed by atoms with van der Waals surface area (Å²) in [6, 6.07) is 10.0. The molecule has 2 aromatic rings. The first-order valence-corrected chi connectivity index (χ1v) is 11.0. The van der Waals surface area contributed by atoms with Crippen LogP contribution < -0.4 is 9.77 Å². The number of amides is 1. The molecule has 0 bridgehead atoms. The highest BCUT2D eigenvalue weighted by molar-refractivity contribution is 7.07. The zero-order valence-electron chi connectivity index (χ0n) is 16.4. The van der Waals surface area contributed by atoms with Crippen LogP contribution in [0.15, 0.2) is 40.5 Å². The number of hydrogen-bond acceptors (Lipinski definition) is 5. The molecule has 0 aliphatic carbocycles. The zero-order valence-corrected chi connectivity index (χ0v) is 17.2. The molecule has 0 N–H and O–H groups in total. The molecular formula is C21H28N4O2S. The Bertz CT molecular complexity index is 855. The fourth-order valence-electron chi connectivity index (χ4n) is 4.27.